The largest absolute Gasteiger partial charge is 0.378 e. The molecule has 1 fully saturated rings. The van der Waals surface area contributed by atoms with E-state index in [0.29, 0.717) is 18.7 Å². The first-order chi connectivity index (χ1) is 9.15. The molecule has 0 saturated carbocycles. The molecule has 19 heavy (non-hydrogen) atoms. The SMILES string of the molecule is NCC(c1ccccc1F)N1CCOCC1C(N)=O. The fraction of sp³-hybridized carbons (Fsp3) is 0.462. The Morgan fingerprint density at radius 3 is 2.89 bits per heavy atom. The van der Waals surface area contributed by atoms with Gasteiger partial charge in [0.15, 0.2) is 0 Å². The molecule has 1 amide bonds. The van der Waals surface area contributed by atoms with Gasteiger partial charge in [0.25, 0.3) is 0 Å². The van der Waals surface area contributed by atoms with Crippen molar-refractivity contribution in [2.24, 2.45) is 11.5 Å². The van der Waals surface area contributed by atoms with Crippen LogP contribution in [0.1, 0.15) is 11.6 Å². The number of rotatable bonds is 4. The van der Waals surface area contributed by atoms with Gasteiger partial charge < -0.3 is 16.2 Å². The Kier molecular flexibility index (Phi) is 4.47. The molecular formula is C13H18FN3O2. The van der Waals surface area contributed by atoms with Crippen LogP contribution >= 0.6 is 0 Å². The lowest BCUT2D eigenvalue weighted by molar-refractivity contribution is -0.131. The highest BCUT2D eigenvalue weighted by Crippen LogP contribution is 2.25. The number of carbonyl (C=O) groups is 1. The predicted molar refractivity (Wildman–Crippen MR) is 68.7 cm³/mol. The van der Waals surface area contributed by atoms with Crippen molar-refractivity contribution in [2.75, 3.05) is 26.3 Å². The number of amides is 1. The number of nitrogens with two attached hydrogens (primary N) is 2. The van der Waals surface area contributed by atoms with Gasteiger partial charge >= 0.3 is 0 Å². The highest BCUT2D eigenvalue weighted by molar-refractivity contribution is 5.80. The fourth-order valence-electron chi connectivity index (χ4n) is 2.42. The molecule has 1 heterocycles. The van der Waals surface area contributed by atoms with Gasteiger partial charge in [0.1, 0.15) is 11.9 Å². The first kappa shape index (κ1) is 13.9. The third-order valence-corrected chi connectivity index (χ3v) is 3.39. The number of hydrogen-bond acceptors (Lipinski definition) is 4. The maximum Gasteiger partial charge on any atom is 0.237 e. The summed E-state index contributed by atoms with van der Waals surface area (Å²) < 4.78 is 19.1. The zero-order valence-corrected chi connectivity index (χ0v) is 10.6. The number of benzene rings is 1. The normalized spacial score (nSPS) is 22.1. The average molecular weight is 267 g/mol. The summed E-state index contributed by atoms with van der Waals surface area (Å²) >= 11 is 0. The number of halogens is 1. The Morgan fingerprint density at radius 1 is 1.53 bits per heavy atom. The fourth-order valence-corrected chi connectivity index (χ4v) is 2.42. The molecule has 0 spiro atoms. The van der Waals surface area contributed by atoms with Crippen LogP contribution in [0.5, 0.6) is 0 Å². The minimum absolute atomic E-state index is 0.213. The van der Waals surface area contributed by atoms with E-state index in [4.69, 9.17) is 16.2 Å². The maximum absolute atomic E-state index is 13.9. The lowest BCUT2D eigenvalue weighted by Gasteiger charge is -2.39. The molecule has 2 atom stereocenters. The van der Waals surface area contributed by atoms with Crippen molar-refractivity contribution in [1.29, 1.82) is 0 Å². The molecule has 104 valence electrons. The van der Waals surface area contributed by atoms with Crippen molar-refractivity contribution in [3.8, 4) is 0 Å². The zero-order valence-electron chi connectivity index (χ0n) is 10.6. The minimum atomic E-state index is -0.568. The highest BCUT2D eigenvalue weighted by Gasteiger charge is 2.34. The molecular weight excluding hydrogens is 249 g/mol. The first-order valence-corrected chi connectivity index (χ1v) is 6.22. The second-order valence-electron chi connectivity index (χ2n) is 4.50. The maximum atomic E-state index is 13.9. The summed E-state index contributed by atoms with van der Waals surface area (Å²) in [5.74, 6) is -0.804. The second kappa shape index (κ2) is 6.10. The van der Waals surface area contributed by atoms with Gasteiger partial charge in [-0.3, -0.25) is 9.69 Å². The van der Waals surface area contributed by atoms with E-state index in [9.17, 15) is 9.18 Å². The van der Waals surface area contributed by atoms with Crippen LogP contribution in [0, 0.1) is 5.82 Å². The number of nitrogens with zero attached hydrogens (tertiary/aromatic N) is 1. The summed E-state index contributed by atoms with van der Waals surface area (Å²) in [5, 5.41) is 0. The van der Waals surface area contributed by atoms with Crippen LogP contribution in [-0.2, 0) is 9.53 Å². The lowest BCUT2D eigenvalue weighted by Crippen LogP contribution is -2.54. The zero-order chi connectivity index (χ0) is 13.8. The molecule has 1 aliphatic heterocycles. The van der Waals surface area contributed by atoms with Crippen LogP contribution in [0.15, 0.2) is 24.3 Å². The van der Waals surface area contributed by atoms with E-state index in [1.165, 1.54) is 6.07 Å². The number of morpholine rings is 1. The van der Waals surface area contributed by atoms with E-state index in [0.717, 1.165) is 0 Å². The Balaban J connectivity index is 2.30. The van der Waals surface area contributed by atoms with Crippen LogP contribution in [0.4, 0.5) is 4.39 Å². The minimum Gasteiger partial charge on any atom is -0.378 e. The van der Waals surface area contributed by atoms with Crippen LogP contribution in [0.25, 0.3) is 0 Å². The van der Waals surface area contributed by atoms with Crippen molar-refractivity contribution >= 4 is 5.91 Å². The smallest absolute Gasteiger partial charge is 0.237 e. The van der Waals surface area contributed by atoms with Crippen molar-refractivity contribution < 1.29 is 13.9 Å². The van der Waals surface area contributed by atoms with Crippen molar-refractivity contribution in [1.82, 2.24) is 4.90 Å². The number of primary amides is 1. The molecule has 5 nitrogen and oxygen atoms in total. The summed E-state index contributed by atoms with van der Waals surface area (Å²) in [6.45, 7) is 1.42. The van der Waals surface area contributed by atoms with Gasteiger partial charge in [-0.25, -0.2) is 4.39 Å². The van der Waals surface area contributed by atoms with E-state index in [-0.39, 0.29) is 25.0 Å². The Labute approximate surface area is 111 Å². The van der Waals surface area contributed by atoms with Crippen molar-refractivity contribution in [3.63, 3.8) is 0 Å². The Morgan fingerprint density at radius 2 is 2.26 bits per heavy atom. The summed E-state index contributed by atoms with van der Waals surface area (Å²) in [6.07, 6.45) is 0. The van der Waals surface area contributed by atoms with Gasteiger partial charge in [-0.15, -0.1) is 0 Å². The van der Waals surface area contributed by atoms with Gasteiger partial charge in [-0.05, 0) is 6.07 Å². The van der Waals surface area contributed by atoms with Gasteiger partial charge in [0.05, 0.1) is 19.3 Å². The Bertz CT molecular complexity index is 455. The molecule has 2 unspecified atom stereocenters. The molecule has 0 aromatic heterocycles. The van der Waals surface area contributed by atoms with Crippen molar-refractivity contribution in [2.45, 2.75) is 12.1 Å². The van der Waals surface area contributed by atoms with E-state index < -0.39 is 11.9 Å². The quantitative estimate of drug-likeness (QED) is 0.805. The number of ether oxygens (including phenoxy) is 1. The van der Waals surface area contributed by atoms with E-state index in [1.807, 2.05) is 4.90 Å². The van der Waals surface area contributed by atoms with Crippen LogP contribution in [-0.4, -0.2) is 43.2 Å². The monoisotopic (exact) mass is 267 g/mol. The summed E-state index contributed by atoms with van der Waals surface area (Å²) in [6, 6.07) is 5.50. The van der Waals surface area contributed by atoms with Crippen LogP contribution in [0.3, 0.4) is 0 Å². The van der Waals surface area contributed by atoms with Gasteiger partial charge in [0.2, 0.25) is 5.91 Å². The molecule has 1 aromatic carbocycles. The number of hydrogen-bond donors (Lipinski definition) is 2. The average Bonchev–Trinajstić information content (AvgIpc) is 2.42. The van der Waals surface area contributed by atoms with Gasteiger partial charge in [0, 0.05) is 18.7 Å². The number of carbonyl (C=O) groups excluding carboxylic acids is 1. The third-order valence-electron chi connectivity index (χ3n) is 3.39. The molecule has 1 saturated heterocycles. The summed E-state index contributed by atoms with van der Waals surface area (Å²) in [5.41, 5.74) is 11.6. The van der Waals surface area contributed by atoms with E-state index in [2.05, 4.69) is 0 Å². The van der Waals surface area contributed by atoms with Crippen LogP contribution < -0.4 is 11.5 Å². The van der Waals surface area contributed by atoms with E-state index in [1.54, 1.807) is 18.2 Å². The highest BCUT2D eigenvalue weighted by atomic mass is 19.1. The summed E-state index contributed by atoms with van der Waals surface area (Å²) in [7, 11) is 0. The third kappa shape index (κ3) is 2.91. The molecule has 2 rings (SSSR count). The van der Waals surface area contributed by atoms with Crippen molar-refractivity contribution in [3.05, 3.63) is 35.6 Å². The Hall–Kier alpha value is -1.50. The van der Waals surface area contributed by atoms with Crippen LogP contribution in [0.2, 0.25) is 0 Å². The molecule has 4 N–H and O–H groups in total. The topological polar surface area (TPSA) is 81.6 Å². The standard InChI is InChI=1S/C13H18FN3O2/c14-10-4-2-1-3-9(10)11(7-15)17-5-6-19-8-12(17)13(16)18/h1-4,11-12H,5-8,15H2,(H2,16,18). The second-order valence-corrected chi connectivity index (χ2v) is 4.50. The molecule has 0 bridgehead atoms. The molecule has 0 radical (unpaired) electrons. The molecule has 1 aromatic rings. The molecule has 0 aliphatic carbocycles. The van der Waals surface area contributed by atoms with Gasteiger partial charge in [-0.1, -0.05) is 18.2 Å². The lowest BCUT2D eigenvalue weighted by atomic mass is 10.0. The predicted octanol–water partition coefficient (Wildman–Crippen LogP) is 0.0116. The molecule has 1 aliphatic rings. The summed E-state index contributed by atoms with van der Waals surface area (Å²) in [4.78, 5) is 13.3. The van der Waals surface area contributed by atoms with Gasteiger partial charge in [-0.2, -0.15) is 0 Å². The first-order valence-electron chi connectivity index (χ1n) is 6.22. The van der Waals surface area contributed by atoms with E-state index >= 15 is 0 Å². The molecule has 6 heteroatoms.